The number of aryl methyl sites for hydroxylation is 1. The Hall–Kier alpha value is -3.47. The van der Waals surface area contributed by atoms with Gasteiger partial charge in [0.2, 0.25) is 5.95 Å². The Bertz CT molecular complexity index is 1060. The summed E-state index contributed by atoms with van der Waals surface area (Å²) in [5.41, 5.74) is 11.0. The van der Waals surface area contributed by atoms with Gasteiger partial charge < -0.3 is 11.1 Å². The number of para-hydroxylation sites is 1. The zero-order valence-electron chi connectivity index (χ0n) is 14.5. The number of hydrogen-bond donors (Lipinski definition) is 2. The van der Waals surface area contributed by atoms with E-state index in [1.807, 2.05) is 18.2 Å². The summed E-state index contributed by atoms with van der Waals surface area (Å²) in [6.45, 7) is 2.68. The Labute approximate surface area is 152 Å². The second-order valence-corrected chi connectivity index (χ2v) is 6.16. The van der Waals surface area contributed by atoms with Crippen molar-refractivity contribution < 1.29 is 0 Å². The van der Waals surface area contributed by atoms with Gasteiger partial charge in [0.1, 0.15) is 5.82 Å². The highest BCUT2D eigenvalue weighted by atomic mass is 15.1. The molecule has 0 aliphatic rings. The molecule has 0 fully saturated rings. The molecular formula is C21H19N5. The van der Waals surface area contributed by atoms with Crippen LogP contribution in [0, 0.1) is 6.92 Å². The Kier molecular flexibility index (Phi) is 4.19. The van der Waals surface area contributed by atoms with Crippen molar-refractivity contribution in [3.05, 3.63) is 78.0 Å². The third-order valence-corrected chi connectivity index (χ3v) is 4.31. The highest BCUT2D eigenvalue weighted by molar-refractivity contribution is 5.86. The fourth-order valence-electron chi connectivity index (χ4n) is 3.03. The molecule has 2 heterocycles. The second kappa shape index (κ2) is 6.80. The van der Waals surface area contributed by atoms with Crippen LogP contribution in [0.1, 0.15) is 11.1 Å². The first-order chi connectivity index (χ1) is 12.7. The van der Waals surface area contributed by atoms with Crippen molar-refractivity contribution in [1.29, 1.82) is 0 Å². The van der Waals surface area contributed by atoms with E-state index < -0.39 is 0 Å². The molecule has 0 amide bonds. The lowest BCUT2D eigenvalue weighted by Crippen LogP contribution is -2.06. The van der Waals surface area contributed by atoms with E-state index in [-0.39, 0.29) is 5.95 Å². The summed E-state index contributed by atoms with van der Waals surface area (Å²) in [5.74, 6) is 0.950. The number of rotatable bonds is 4. The van der Waals surface area contributed by atoms with Gasteiger partial charge in [-0.3, -0.25) is 0 Å². The minimum absolute atomic E-state index is 0.255. The molecule has 0 aliphatic carbocycles. The Balaban J connectivity index is 1.78. The molecule has 128 valence electrons. The number of nitrogens with one attached hydrogen (secondary N) is 1. The van der Waals surface area contributed by atoms with Gasteiger partial charge in [0.25, 0.3) is 0 Å². The normalized spacial score (nSPS) is 10.8. The molecule has 5 nitrogen and oxygen atoms in total. The first-order valence-corrected chi connectivity index (χ1v) is 8.48. The van der Waals surface area contributed by atoms with Crippen LogP contribution in [0.25, 0.3) is 22.2 Å². The largest absolute Gasteiger partial charge is 0.368 e. The summed E-state index contributed by atoms with van der Waals surface area (Å²) < 4.78 is 0. The van der Waals surface area contributed by atoms with Gasteiger partial charge in [-0.2, -0.15) is 4.98 Å². The molecule has 0 spiro atoms. The zero-order chi connectivity index (χ0) is 17.9. The van der Waals surface area contributed by atoms with Crippen LogP contribution in [0.3, 0.4) is 0 Å². The predicted octanol–water partition coefficient (Wildman–Crippen LogP) is 4.19. The molecule has 0 atom stereocenters. The standard InChI is InChI=1S/C21H19N5/c1-14-6-5-9-16-12-17(13-24-18-10-11-23-21(22)25-18)20(26-19(14)16)15-7-3-2-4-8-15/h2-12H,13H2,1H3,(H3,22,23,24,25). The Morgan fingerprint density at radius 3 is 2.62 bits per heavy atom. The van der Waals surface area contributed by atoms with Gasteiger partial charge in [-0.25, -0.2) is 9.97 Å². The average molecular weight is 341 g/mol. The fraction of sp³-hybridized carbons (Fsp3) is 0.0952. The van der Waals surface area contributed by atoms with Crippen molar-refractivity contribution in [3.8, 4) is 11.3 Å². The SMILES string of the molecule is Cc1cccc2cc(CNc3ccnc(N)n3)c(-c3ccccc3)nc12. The molecule has 5 heteroatoms. The third-order valence-electron chi connectivity index (χ3n) is 4.31. The molecule has 0 aliphatic heterocycles. The number of nitrogens with zero attached hydrogens (tertiary/aromatic N) is 3. The molecule has 26 heavy (non-hydrogen) atoms. The van der Waals surface area contributed by atoms with Gasteiger partial charge in [0.15, 0.2) is 0 Å². The van der Waals surface area contributed by atoms with Crippen molar-refractivity contribution in [3.63, 3.8) is 0 Å². The number of pyridine rings is 1. The van der Waals surface area contributed by atoms with E-state index in [4.69, 9.17) is 10.7 Å². The zero-order valence-corrected chi connectivity index (χ0v) is 14.5. The van der Waals surface area contributed by atoms with E-state index in [1.54, 1.807) is 12.3 Å². The lowest BCUT2D eigenvalue weighted by Gasteiger charge is -2.13. The summed E-state index contributed by atoms with van der Waals surface area (Å²) in [7, 11) is 0. The lowest BCUT2D eigenvalue weighted by molar-refractivity contribution is 1.08. The van der Waals surface area contributed by atoms with Crippen LogP contribution < -0.4 is 11.1 Å². The van der Waals surface area contributed by atoms with Crippen LogP contribution in [0.15, 0.2) is 66.9 Å². The van der Waals surface area contributed by atoms with Crippen LogP contribution in [-0.4, -0.2) is 15.0 Å². The molecule has 2 aromatic heterocycles. The number of nitrogens with two attached hydrogens (primary N) is 1. The number of aromatic nitrogens is 3. The van der Waals surface area contributed by atoms with Gasteiger partial charge in [0.05, 0.1) is 11.2 Å². The molecule has 0 saturated heterocycles. The lowest BCUT2D eigenvalue weighted by atomic mass is 10.0. The molecule has 4 aromatic rings. The van der Waals surface area contributed by atoms with Gasteiger partial charge >= 0.3 is 0 Å². The average Bonchev–Trinajstić information content (AvgIpc) is 2.67. The number of benzene rings is 2. The first kappa shape index (κ1) is 16.0. The molecule has 2 aromatic carbocycles. The van der Waals surface area contributed by atoms with Crippen LogP contribution in [-0.2, 0) is 6.54 Å². The van der Waals surface area contributed by atoms with Gasteiger partial charge in [0, 0.05) is 23.7 Å². The van der Waals surface area contributed by atoms with Gasteiger partial charge in [-0.05, 0) is 30.2 Å². The molecule has 0 unspecified atom stereocenters. The molecule has 3 N–H and O–H groups in total. The van der Waals surface area contributed by atoms with E-state index in [9.17, 15) is 0 Å². The van der Waals surface area contributed by atoms with E-state index in [0.29, 0.717) is 12.4 Å². The molecule has 4 rings (SSSR count). The molecule has 0 saturated carbocycles. The van der Waals surface area contributed by atoms with Crippen molar-refractivity contribution in [2.45, 2.75) is 13.5 Å². The molecule has 0 radical (unpaired) electrons. The predicted molar refractivity (Wildman–Crippen MR) is 106 cm³/mol. The first-order valence-electron chi connectivity index (χ1n) is 8.48. The number of anilines is 2. The van der Waals surface area contributed by atoms with Crippen LogP contribution >= 0.6 is 0 Å². The summed E-state index contributed by atoms with van der Waals surface area (Å²) in [6.07, 6.45) is 1.64. The summed E-state index contributed by atoms with van der Waals surface area (Å²) in [6, 6.07) is 20.5. The second-order valence-electron chi connectivity index (χ2n) is 6.16. The van der Waals surface area contributed by atoms with Crippen molar-refractivity contribution in [2.75, 3.05) is 11.1 Å². The fourth-order valence-corrected chi connectivity index (χ4v) is 3.03. The van der Waals surface area contributed by atoms with Gasteiger partial charge in [-0.1, -0.05) is 48.5 Å². The topological polar surface area (TPSA) is 76.7 Å². The van der Waals surface area contributed by atoms with Crippen LogP contribution in [0.5, 0.6) is 0 Å². The van der Waals surface area contributed by atoms with E-state index in [2.05, 4.69) is 58.6 Å². The summed E-state index contributed by atoms with van der Waals surface area (Å²) >= 11 is 0. The summed E-state index contributed by atoms with van der Waals surface area (Å²) in [4.78, 5) is 13.1. The molecule has 0 bridgehead atoms. The quantitative estimate of drug-likeness (QED) is 0.582. The van der Waals surface area contributed by atoms with E-state index in [1.165, 1.54) is 5.56 Å². The van der Waals surface area contributed by atoms with Crippen LogP contribution in [0.4, 0.5) is 11.8 Å². The van der Waals surface area contributed by atoms with Crippen molar-refractivity contribution >= 4 is 22.7 Å². The maximum atomic E-state index is 5.66. The van der Waals surface area contributed by atoms with Crippen molar-refractivity contribution in [1.82, 2.24) is 15.0 Å². The number of hydrogen-bond acceptors (Lipinski definition) is 5. The highest BCUT2D eigenvalue weighted by Crippen LogP contribution is 2.27. The summed E-state index contributed by atoms with van der Waals surface area (Å²) in [5, 5.41) is 4.45. The Morgan fingerprint density at radius 1 is 0.962 bits per heavy atom. The maximum absolute atomic E-state index is 5.66. The maximum Gasteiger partial charge on any atom is 0.221 e. The monoisotopic (exact) mass is 341 g/mol. The van der Waals surface area contributed by atoms with Crippen LogP contribution in [0.2, 0.25) is 0 Å². The number of fused-ring (bicyclic) bond motifs is 1. The third kappa shape index (κ3) is 3.19. The van der Waals surface area contributed by atoms with E-state index >= 15 is 0 Å². The van der Waals surface area contributed by atoms with Gasteiger partial charge in [-0.15, -0.1) is 0 Å². The smallest absolute Gasteiger partial charge is 0.221 e. The highest BCUT2D eigenvalue weighted by Gasteiger charge is 2.11. The van der Waals surface area contributed by atoms with Crippen molar-refractivity contribution in [2.24, 2.45) is 0 Å². The minimum Gasteiger partial charge on any atom is -0.368 e. The minimum atomic E-state index is 0.255. The molecular weight excluding hydrogens is 322 g/mol. The number of nitrogen functional groups attached to an aromatic ring is 1. The van der Waals surface area contributed by atoms with E-state index in [0.717, 1.165) is 27.7 Å². The Morgan fingerprint density at radius 2 is 1.81 bits per heavy atom.